The second-order valence-corrected chi connectivity index (χ2v) is 6.91. The highest BCUT2D eigenvalue weighted by Crippen LogP contribution is 2.23. The summed E-state index contributed by atoms with van der Waals surface area (Å²) in [6.45, 7) is 6.49. The molecule has 3 rings (SSSR count). The van der Waals surface area contributed by atoms with Crippen LogP contribution in [-0.4, -0.2) is 39.4 Å². The predicted molar refractivity (Wildman–Crippen MR) is 111 cm³/mol. The minimum absolute atomic E-state index is 0.121. The first-order chi connectivity index (χ1) is 13.4. The predicted octanol–water partition coefficient (Wildman–Crippen LogP) is 3.86. The zero-order valence-corrected chi connectivity index (χ0v) is 16.7. The highest BCUT2D eigenvalue weighted by Gasteiger charge is 2.16. The molecule has 0 bridgehead atoms. The van der Waals surface area contributed by atoms with Gasteiger partial charge in [0.15, 0.2) is 0 Å². The van der Waals surface area contributed by atoms with Crippen molar-refractivity contribution in [3.8, 4) is 0 Å². The molecule has 6 nitrogen and oxygen atoms in total. The van der Waals surface area contributed by atoms with Crippen LogP contribution in [0.4, 0.5) is 11.5 Å². The molecule has 0 atom stereocenters. The fourth-order valence-corrected chi connectivity index (χ4v) is 3.02. The van der Waals surface area contributed by atoms with Crippen molar-refractivity contribution < 1.29 is 4.79 Å². The van der Waals surface area contributed by atoms with Crippen LogP contribution in [0.25, 0.3) is 0 Å². The monoisotopic (exact) mass is 375 g/mol. The molecule has 1 aromatic carbocycles. The van der Waals surface area contributed by atoms with E-state index in [0.717, 1.165) is 28.8 Å². The van der Waals surface area contributed by atoms with Gasteiger partial charge >= 0.3 is 0 Å². The van der Waals surface area contributed by atoms with Crippen molar-refractivity contribution in [3.05, 3.63) is 77.0 Å². The summed E-state index contributed by atoms with van der Waals surface area (Å²) >= 11 is 0. The molecule has 144 valence electrons. The van der Waals surface area contributed by atoms with Crippen molar-refractivity contribution in [2.75, 3.05) is 18.9 Å². The smallest absolute Gasteiger partial charge is 0.272 e. The number of benzene rings is 1. The molecule has 0 unspecified atom stereocenters. The van der Waals surface area contributed by atoms with Crippen LogP contribution in [0.3, 0.4) is 0 Å². The SMILES string of the molecule is Cc1nc(Nc2c(C)cccc2C)cc(C(=O)N(C)CCc2ccncc2)n1. The first-order valence-corrected chi connectivity index (χ1v) is 9.27. The van der Waals surface area contributed by atoms with Gasteiger partial charge in [-0.25, -0.2) is 9.97 Å². The van der Waals surface area contributed by atoms with Gasteiger partial charge in [-0.3, -0.25) is 9.78 Å². The van der Waals surface area contributed by atoms with Crippen LogP contribution in [0.2, 0.25) is 0 Å². The van der Waals surface area contributed by atoms with Gasteiger partial charge in [0.25, 0.3) is 5.91 Å². The van der Waals surface area contributed by atoms with E-state index in [0.29, 0.717) is 23.9 Å². The summed E-state index contributed by atoms with van der Waals surface area (Å²) in [6, 6.07) is 11.7. The standard InChI is InChI=1S/C22H25N5O/c1-15-6-5-7-16(2)21(15)26-20-14-19(24-17(3)25-20)22(28)27(4)13-10-18-8-11-23-12-9-18/h5-9,11-12,14H,10,13H2,1-4H3,(H,24,25,26). The molecular formula is C22H25N5O. The summed E-state index contributed by atoms with van der Waals surface area (Å²) in [7, 11) is 1.79. The lowest BCUT2D eigenvalue weighted by atomic mass is 10.1. The Labute approximate surface area is 165 Å². The Hall–Kier alpha value is -3.28. The number of rotatable bonds is 6. The van der Waals surface area contributed by atoms with Crippen LogP contribution in [0.15, 0.2) is 48.8 Å². The third-order valence-electron chi connectivity index (χ3n) is 4.62. The Morgan fingerprint density at radius 2 is 1.71 bits per heavy atom. The van der Waals surface area contributed by atoms with E-state index in [1.165, 1.54) is 0 Å². The average Bonchev–Trinajstić information content (AvgIpc) is 2.69. The van der Waals surface area contributed by atoms with Crippen molar-refractivity contribution in [2.45, 2.75) is 27.2 Å². The van der Waals surface area contributed by atoms with Gasteiger partial charge < -0.3 is 10.2 Å². The fourth-order valence-electron chi connectivity index (χ4n) is 3.02. The second kappa shape index (κ2) is 8.61. The first kappa shape index (κ1) is 19.5. The number of aromatic nitrogens is 3. The lowest BCUT2D eigenvalue weighted by molar-refractivity contribution is 0.0790. The molecule has 0 spiro atoms. The van der Waals surface area contributed by atoms with Crippen LogP contribution < -0.4 is 5.32 Å². The lowest BCUT2D eigenvalue weighted by Gasteiger charge is -2.18. The van der Waals surface area contributed by atoms with Crippen LogP contribution >= 0.6 is 0 Å². The number of para-hydroxylation sites is 1. The van der Waals surface area contributed by atoms with Crippen molar-refractivity contribution >= 4 is 17.4 Å². The van der Waals surface area contributed by atoms with E-state index in [4.69, 9.17) is 0 Å². The Balaban J connectivity index is 1.75. The number of likely N-dealkylation sites (N-methyl/N-ethyl adjacent to an activating group) is 1. The minimum Gasteiger partial charge on any atom is -0.340 e. The van der Waals surface area contributed by atoms with Crippen LogP contribution in [0.1, 0.15) is 33.0 Å². The molecule has 0 aliphatic rings. The number of pyridine rings is 1. The maximum atomic E-state index is 12.9. The summed E-state index contributed by atoms with van der Waals surface area (Å²) in [5.41, 5.74) is 4.78. The maximum Gasteiger partial charge on any atom is 0.272 e. The van der Waals surface area contributed by atoms with E-state index in [9.17, 15) is 4.79 Å². The fraction of sp³-hybridized carbons (Fsp3) is 0.273. The highest BCUT2D eigenvalue weighted by atomic mass is 16.2. The molecule has 0 aliphatic carbocycles. The Morgan fingerprint density at radius 3 is 2.39 bits per heavy atom. The number of carbonyl (C=O) groups excluding carboxylic acids is 1. The quantitative estimate of drug-likeness (QED) is 0.708. The zero-order chi connectivity index (χ0) is 20.1. The number of hydrogen-bond donors (Lipinski definition) is 1. The Morgan fingerprint density at radius 1 is 1.04 bits per heavy atom. The Kier molecular flexibility index (Phi) is 5.99. The van der Waals surface area contributed by atoms with E-state index in [1.807, 2.05) is 44.2 Å². The maximum absolute atomic E-state index is 12.9. The van der Waals surface area contributed by atoms with Gasteiger partial charge in [0.1, 0.15) is 17.3 Å². The van der Waals surface area contributed by atoms with E-state index in [-0.39, 0.29) is 5.91 Å². The number of nitrogens with zero attached hydrogens (tertiary/aromatic N) is 4. The van der Waals surface area contributed by atoms with Crippen molar-refractivity contribution in [2.24, 2.45) is 0 Å². The van der Waals surface area contributed by atoms with E-state index in [1.54, 1.807) is 37.3 Å². The number of hydrogen-bond acceptors (Lipinski definition) is 5. The molecule has 0 radical (unpaired) electrons. The molecule has 1 amide bonds. The average molecular weight is 375 g/mol. The van der Waals surface area contributed by atoms with Gasteiger partial charge in [-0.2, -0.15) is 0 Å². The molecular weight excluding hydrogens is 350 g/mol. The minimum atomic E-state index is -0.121. The van der Waals surface area contributed by atoms with Crippen LogP contribution in [0.5, 0.6) is 0 Å². The topological polar surface area (TPSA) is 71.0 Å². The first-order valence-electron chi connectivity index (χ1n) is 9.27. The van der Waals surface area contributed by atoms with E-state index in [2.05, 4.69) is 20.3 Å². The summed E-state index contributed by atoms with van der Waals surface area (Å²) in [5, 5.41) is 3.34. The van der Waals surface area contributed by atoms with Crippen molar-refractivity contribution in [1.82, 2.24) is 19.9 Å². The molecule has 0 saturated carbocycles. The number of carbonyl (C=O) groups is 1. The molecule has 28 heavy (non-hydrogen) atoms. The normalized spacial score (nSPS) is 10.6. The zero-order valence-electron chi connectivity index (χ0n) is 16.7. The van der Waals surface area contributed by atoms with Gasteiger partial charge in [0.05, 0.1) is 0 Å². The third-order valence-corrected chi connectivity index (χ3v) is 4.62. The number of amides is 1. The van der Waals surface area contributed by atoms with Crippen LogP contribution in [0, 0.1) is 20.8 Å². The molecule has 2 aromatic heterocycles. The summed E-state index contributed by atoms with van der Waals surface area (Å²) < 4.78 is 0. The van der Waals surface area contributed by atoms with Crippen molar-refractivity contribution in [3.63, 3.8) is 0 Å². The number of anilines is 2. The molecule has 6 heteroatoms. The van der Waals surface area contributed by atoms with Gasteiger partial charge in [0, 0.05) is 37.7 Å². The number of aryl methyl sites for hydroxylation is 3. The molecule has 0 aliphatic heterocycles. The molecule has 3 aromatic rings. The summed E-state index contributed by atoms with van der Waals surface area (Å²) in [5.74, 6) is 1.06. The number of nitrogens with one attached hydrogen (secondary N) is 1. The van der Waals surface area contributed by atoms with Gasteiger partial charge in [-0.1, -0.05) is 18.2 Å². The van der Waals surface area contributed by atoms with Crippen LogP contribution in [-0.2, 0) is 6.42 Å². The van der Waals surface area contributed by atoms with Gasteiger partial charge in [0.2, 0.25) is 0 Å². The Bertz CT molecular complexity index is 952. The third kappa shape index (κ3) is 4.71. The summed E-state index contributed by atoms with van der Waals surface area (Å²) in [6.07, 6.45) is 4.29. The molecule has 2 heterocycles. The van der Waals surface area contributed by atoms with E-state index >= 15 is 0 Å². The molecule has 1 N–H and O–H groups in total. The largest absolute Gasteiger partial charge is 0.340 e. The molecule has 0 saturated heterocycles. The van der Waals surface area contributed by atoms with Gasteiger partial charge in [-0.15, -0.1) is 0 Å². The molecule has 0 fully saturated rings. The summed E-state index contributed by atoms with van der Waals surface area (Å²) in [4.78, 5) is 27.3. The van der Waals surface area contributed by atoms with Crippen molar-refractivity contribution in [1.29, 1.82) is 0 Å². The highest BCUT2D eigenvalue weighted by molar-refractivity contribution is 5.93. The lowest BCUT2D eigenvalue weighted by Crippen LogP contribution is -2.30. The second-order valence-electron chi connectivity index (χ2n) is 6.91. The van der Waals surface area contributed by atoms with Gasteiger partial charge in [-0.05, 0) is 56.0 Å². The van der Waals surface area contributed by atoms with E-state index < -0.39 is 0 Å².